The first-order valence-corrected chi connectivity index (χ1v) is 3.29. The molecule has 0 saturated carbocycles. The summed E-state index contributed by atoms with van der Waals surface area (Å²) in [5.41, 5.74) is 1.87. The molecule has 0 unspecified atom stereocenters. The second-order valence-corrected chi connectivity index (χ2v) is 2.03. The lowest BCUT2D eigenvalue weighted by molar-refractivity contribution is 0.112. The zero-order valence-electron chi connectivity index (χ0n) is 6.74. The lowest BCUT2D eigenvalue weighted by Crippen LogP contribution is -1.78. The van der Waals surface area contributed by atoms with Gasteiger partial charge in [-0.25, -0.2) is 0 Å². The van der Waals surface area contributed by atoms with Gasteiger partial charge in [0.2, 0.25) is 0 Å². The molecule has 0 saturated heterocycles. The molecule has 0 heterocycles. The third-order valence-corrected chi connectivity index (χ3v) is 1.18. The molecule has 0 aliphatic heterocycles. The number of aliphatic hydroxyl groups is 1. The molecule has 0 fully saturated rings. The molecule has 1 N–H and O–H groups in total. The summed E-state index contributed by atoms with van der Waals surface area (Å²) in [6.45, 7) is 1.97. The molecule has 2 nitrogen and oxygen atoms in total. The fourth-order valence-electron chi connectivity index (χ4n) is 0.743. The Morgan fingerprint density at radius 2 is 2.00 bits per heavy atom. The van der Waals surface area contributed by atoms with Gasteiger partial charge in [0.1, 0.15) is 6.29 Å². The van der Waals surface area contributed by atoms with Crippen LogP contribution in [0.2, 0.25) is 0 Å². The Labute approximate surface area is 66.5 Å². The minimum absolute atomic E-state index is 0.745. The van der Waals surface area contributed by atoms with Crippen molar-refractivity contribution in [2.45, 2.75) is 6.92 Å². The van der Waals surface area contributed by atoms with Gasteiger partial charge >= 0.3 is 0 Å². The first-order chi connectivity index (χ1) is 5.33. The Kier molecular flexibility index (Phi) is 5.03. The van der Waals surface area contributed by atoms with Crippen LogP contribution < -0.4 is 0 Å². The highest BCUT2D eigenvalue weighted by Crippen LogP contribution is 1.99. The number of rotatable bonds is 1. The molecule has 0 amide bonds. The summed E-state index contributed by atoms with van der Waals surface area (Å²) in [5, 5.41) is 7.00. The zero-order valence-corrected chi connectivity index (χ0v) is 6.74. The predicted octanol–water partition coefficient (Wildman–Crippen LogP) is 1.42. The van der Waals surface area contributed by atoms with Crippen molar-refractivity contribution < 1.29 is 9.90 Å². The molecular weight excluding hydrogens is 140 g/mol. The van der Waals surface area contributed by atoms with Crippen LogP contribution in [0.3, 0.4) is 0 Å². The number of benzene rings is 1. The van der Waals surface area contributed by atoms with Crippen molar-refractivity contribution in [1.29, 1.82) is 0 Å². The van der Waals surface area contributed by atoms with E-state index in [1.165, 1.54) is 0 Å². The molecule has 60 valence electrons. The number of aldehydes is 1. The number of hydrogen-bond acceptors (Lipinski definition) is 2. The molecule has 1 aromatic carbocycles. The minimum Gasteiger partial charge on any atom is -0.400 e. The maximum Gasteiger partial charge on any atom is 0.150 e. The Morgan fingerprint density at radius 3 is 2.36 bits per heavy atom. The first-order valence-electron chi connectivity index (χ1n) is 3.29. The van der Waals surface area contributed by atoms with Gasteiger partial charge in [0.25, 0.3) is 0 Å². The van der Waals surface area contributed by atoms with Crippen LogP contribution in [0.15, 0.2) is 24.3 Å². The van der Waals surface area contributed by atoms with E-state index in [1.54, 1.807) is 6.07 Å². The lowest BCUT2D eigenvalue weighted by atomic mass is 10.2. The Balaban J connectivity index is 0.000000461. The molecule has 0 radical (unpaired) electrons. The number of carbonyl (C=O) groups is 1. The van der Waals surface area contributed by atoms with E-state index in [0.29, 0.717) is 0 Å². The van der Waals surface area contributed by atoms with E-state index in [9.17, 15) is 4.79 Å². The lowest BCUT2D eigenvalue weighted by Gasteiger charge is -1.89. The quantitative estimate of drug-likeness (QED) is 0.618. The summed E-state index contributed by atoms with van der Waals surface area (Å²) < 4.78 is 0. The van der Waals surface area contributed by atoms with Crippen LogP contribution in [-0.2, 0) is 0 Å². The van der Waals surface area contributed by atoms with Gasteiger partial charge in [0, 0.05) is 12.7 Å². The Morgan fingerprint density at radius 1 is 1.36 bits per heavy atom. The van der Waals surface area contributed by atoms with E-state index >= 15 is 0 Å². The maximum atomic E-state index is 10.2. The average molecular weight is 152 g/mol. The average Bonchev–Trinajstić information content (AvgIpc) is 2.08. The molecule has 11 heavy (non-hydrogen) atoms. The van der Waals surface area contributed by atoms with Crippen molar-refractivity contribution in [1.82, 2.24) is 0 Å². The molecule has 2 heteroatoms. The number of aliphatic hydroxyl groups excluding tert-OH is 1. The van der Waals surface area contributed by atoms with Gasteiger partial charge in [-0.2, -0.15) is 0 Å². The molecular formula is C9H12O2. The smallest absolute Gasteiger partial charge is 0.150 e. The normalized spacial score (nSPS) is 7.91. The van der Waals surface area contributed by atoms with Gasteiger partial charge in [-0.1, -0.05) is 23.8 Å². The topological polar surface area (TPSA) is 37.3 Å². The number of aryl methyl sites for hydroxylation is 1. The molecule has 0 aliphatic rings. The van der Waals surface area contributed by atoms with Gasteiger partial charge in [-0.3, -0.25) is 4.79 Å². The summed E-state index contributed by atoms with van der Waals surface area (Å²) >= 11 is 0. The van der Waals surface area contributed by atoms with Crippen LogP contribution in [0.4, 0.5) is 0 Å². The maximum absolute atomic E-state index is 10.2. The van der Waals surface area contributed by atoms with E-state index < -0.39 is 0 Å². The second-order valence-electron chi connectivity index (χ2n) is 2.03. The summed E-state index contributed by atoms with van der Waals surface area (Å²) in [6, 6.07) is 7.49. The van der Waals surface area contributed by atoms with Crippen LogP contribution in [0.25, 0.3) is 0 Å². The fraction of sp³-hybridized carbons (Fsp3) is 0.222. The van der Waals surface area contributed by atoms with Crippen LogP contribution in [-0.4, -0.2) is 18.5 Å². The van der Waals surface area contributed by atoms with Crippen molar-refractivity contribution >= 4 is 6.29 Å². The summed E-state index contributed by atoms with van der Waals surface area (Å²) in [7, 11) is 1.00. The first kappa shape index (κ1) is 9.85. The van der Waals surface area contributed by atoms with Crippen LogP contribution in [0.5, 0.6) is 0 Å². The number of hydrogen-bond donors (Lipinski definition) is 1. The van der Waals surface area contributed by atoms with E-state index in [-0.39, 0.29) is 0 Å². The van der Waals surface area contributed by atoms with Crippen molar-refractivity contribution in [3.8, 4) is 0 Å². The fourth-order valence-corrected chi connectivity index (χ4v) is 0.743. The van der Waals surface area contributed by atoms with Gasteiger partial charge < -0.3 is 5.11 Å². The molecule has 1 rings (SSSR count). The molecule has 0 bridgehead atoms. The molecule has 0 aliphatic carbocycles. The Bertz CT molecular complexity index is 219. The number of carbonyl (C=O) groups excluding carboxylic acids is 1. The van der Waals surface area contributed by atoms with E-state index in [1.807, 2.05) is 25.1 Å². The molecule has 1 aromatic rings. The highest BCUT2D eigenvalue weighted by Gasteiger charge is 1.86. The van der Waals surface area contributed by atoms with Crippen LogP contribution in [0.1, 0.15) is 15.9 Å². The third-order valence-electron chi connectivity index (χ3n) is 1.18. The van der Waals surface area contributed by atoms with Gasteiger partial charge in [-0.15, -0.1) is 0 Å². The van der Waals surface area contributed by atoms with Crippen LogP contribution >= 0.6 is 0 Å². The minimum atomic E-state index is 0.745. The van der Waals surface area contributed by atoms with Crippen LogP contribution in [0, 0.1) is 6.92 Å². The standard InChI is InChI=1S/C8H8O.CH4O/c1-7-3-2-4-8(5-7)6-9;1-2/h2-6H,1H3;2H,1H3. The van der Waals surface area contributed by atoms with Crippen molar-refractivity contribution in [2.75, 3.05) is 7.11 Å². The highest BCUT2D eigenvalue weighted by atomic mass is 16.2. The molecule has 0 atom stereocenters. The van der Waals surface area contributed by atoms with Gasteiger partial charge in [-0.05, 0) is 13.0 Å². The molecule has 0 aromatic heterocycles. The zero-order chi connectivity index (χ0) is 8.69. The largest absolute Gasteiger partial charge is 0.400 e. The van der Waals surface area contributed by atoms with E-state index in [0.717, 1.165) is 24.5 Å². The summed E-state index contributed by atoms with van der Waals surface area (Å²) in [6.07, 6.45) is 0.854. The summed E-state index contributed by atoms with van der Waals surface area (Å²) in [5.74, 6) is 0. The second kappa shape index (κ2) is 5.62. The van der Waals surface area contributed by atoms with Gasteiger partial charge in [0.05, 0.1) is 0 Å². The van der Waals surface area contributed by atoms with E-state index in [4.69, 9.17) is 5.11 Å². The third kappa shape index (κ3) is 3.53. The summed E-state index contributed by atoms with van der Waals surface area (Å²) in [4.78, 5) is 10.2. The Hall–Kier alpha value is -1.15. The van der Waals surface area contributed by atoms with Crippen molar-refractivity contribution in [3.05, 3.63) is 35.4 Å². The molecule has 0 spiro atoms. The SMILES string of the molecule is CO.Cc1cccc(C=O)c1. The highest BCUT2D eigenvalue weighted by molar-refractivity contribution is 5.74. The van der Waals surface area contributed by atoms with Gasteiger partial charge in [0.15, 0.2) is 0 Å². The predicted molar refractivity (Wildman–Crippen MR) is 44.7 cm³/mol. The monoisotopic (exact) mass is 152 g/mol. The van der Waals surface area contributed by atoms with Crippen molar-refractivity contribution in [2.24, 2.45) is 0 Å². The van der Waals surface area contributed by atoms with E-state index in [2.05, 4.69) is 0 Å². The van der Waals surface area contributed by atoms with Crippen molar-refractivity contribution in [3.63, 3.8) is 0 Å².